The third-order valence-corrected chi connectivity index (χ3v) is 2.83. The molecule has 0 N–H and O–H groups in total. The zero-order valence-electron chi connectivity index (χ0n) is 6.24. The van der Waals surface area contributed by atoms with E-state index in [1.54, 1.807) is 11.3 Å². The van der Waals surface area contributed by atoms with Gasteiger partial charge in [0, 0.05) is 10.8 Å². The second-order valence-electron chi connectivity index (χ2n) is 2.66. The van der Waals surface area contributed by atoms with Crippen LogP contribution in [0.15, 0.2) is 23.6 Å². The lowest BCUT2D eigenvalue weighted by molar-refractivity contribution is 0.174. The molecule has 3 rings (SSSR count). The normalized spacial score (nSPS) is 14.0. The molecule has 0 unspecified atom stereocenters. The molecule has 0 fully saturated rings. The Balaban J connectivity index is 2.38. The number of ether oxygens (including phenoxy) is 2. The molecule has 60 valence electrons. The van der Waals surface area contributed by atoms with Crippen LogP contribution >= 0.6 is 11.3 Å². The highest BCUT2D eigenvalue weighted by molar-refractivity contribution is 7.17. The number of hydrogen-bond acceptors (Lipinski definition) is 3. The summed E-state index contributed by atoms with van der Waals surface area (Å²) in [5.74, 6) is 1.73. The smallest absolute Gasteiger partial charge is 0.231 e. The molecule has 0 atom stereocenters. The van der Waals surface area contributed by atoms with Crippen LogP contribution in [0.5, 0.6) is 11.5 Å². The molecule has 2 aromatic rings. The number of rotatable bonds is 0. The Morgan fingerprint density at radius 1 is 1.17 bits per heavy atom. The monoisotopic (exact) mass is 178 g/mol. The van der Waals surface area contributed by atoms with Crippen molar-refractivity contribution in [2.75, 3.05) is 6.79 Å². The van der Waals surface area contributed by atoms with Gasteiger partial charge < -0.3 is 9.47 Å². The maximum atomic E-state index is 5.26. The minimum atomic E-state index is 0.354. The molecule has 3 heteroatoms. The van der Waals surface area contributed by atoms with E-state index in [-0.39, 0.29) is 0 Å². The molecule has 0 bridgehead atoms. The van der Waals surface area contributed by atoms with Gasteiger partial charge in [0.05, 0.1) is 0 Å². The molecular formula is C9H6O2S. The van der Waals surface area contributed by atoms with Crippen LogP contribution in [0, 0.1) is 0 Å². The van der Waals surface area contributed by atoms with Gasteiger partial charge in [0.25, 0.3) is 0 Å². The Bertz CT molecular complexity index is 395. The standard InChI is InChI=1S/C9H6O2S/c1-2-12-9-4-8-7(3-6(1)9)10-5-11-8/h1-4H,5H2. The Kier molecular flexibility index (Phi) is 1.12. The minimum absolute atomic E-state index is 0.354. The Labute approximate surface area is 73.3 Å². The predicted molar refractivity (Wildman–Crippen MR) is 47.9 cm³/mol. The lowest BCUT2D eigenvalue weighted by Crippen LogP contribution is -1.92. The molecule has 1 aliphatic heterocycles. The molecule has 12 heavy (non-hydrogen) atoms. The number of benzene rings is 1. The molecule has 0 aliphatic carbocycles. The van der Waals surface area contributed by atoms with E-state index in [1.807, 2.05) is 12.1 Å². The molecule has 0 saturated heterocycles. The van der Waals surface area contributed by atoms with Crippen molar-refractivity contribution in [3.63, 3.8) is 0 Å². The van der Waals surface area contributed by atoms with Crippen molar-refractivity contribution >= 4 is 21.4 Å². The van der Waals surface area contributed by atoms with Crippen LogP contribution in [-0.4, -0.2) is 6.79 Å². The Morgan fingerprint density at radius 2 is 2.00 bits per heavy atom. The molecular weight excluding hydrogens is 172 g/mol. The molecule has 0 amide bonds. The van der Waals surface area contributed by atoms with Crippen LogP contribution in [-0.2, 0) is 0 Å². The first-order valence-corrected chi connectivity index (χ1v) is 4.58. The first kappa shape index (κ1) is 6.31. The van der Waals surface area contributed by atoms with E-state index >= 15 is 0 Å². The van der Waals surface area contributed by atoms with Gasteiger partial charge in [0.15, 0.2) is 11.5 Å². The highest BCUT2D eigenvalue weighted by Gasteiger charge is 2.13. The molecule has 2 heterocycles. The summed E-state index contributed by atoms with van der Waals surface area (Å²) >= 11 is 1.72. The van der Waals surface area contributed by atoms with E-state index in [1.165, 1.54) is 10.1 Å². The molecule has 0 radical (unpaired) electrons. The van der Waals surface area contributed by atoms with Crippen molar-refractivity contribution in [2.45, 2.75) is 0 Å². The van der Waals surface area contributed by atoms with Crippen molar-refractivity contribution in [2.24, 2.45) is 0 Å². The second-order valence-corrected chi connectivity index (χ2v) is 3.61. The lowest BCUT2D eigenvalue weighted by Gasteiger charge is -1.94. The van der Waals surface area contributed by atoms with Gasteiger partial charge in [-0.3, -0.25) is 0 Å². The van der Waals surface area contributed by atoms with Gasteiger partial charge in [-0.1, -0.05) is 0 Å². The van der Waals surface area contributed by atoms with E-state index in [9.17, 15) is 0 Å². The lowest BCUT2D eigenvalue weighted by atomic mass is 10.2. The second kappa shape index (κ2) is 2.14. The maximum absolute atomic E-state index is 5.26. The van der Waals surface area contributed by atoms with Crippen molar-refractivity contribution < 1.29 is 9.47 Å². The largest absolute Gasteiger partial charge is 0.454 e. The molecule has 0 spiro atoms. The van der Waals surface area contributed by atoms with Gasteiger partial charge in [-0.15, -0.1) is 11.3 Å². The van der Waals surface area contributed by atoms with Gasteiger partial charge >= 0.3 is 0 Å². The van der Waals surface area contributed by atoms with E-state index in [2.05, 4.69) is 11.4 Å². The fourth-order valence-electron chi connectivity index (χ4n) is 1.35. The number of fused-ring (bicyclic) bond motifs is 2. The predicted octanol–water partition coefficient (Wildman–Crippen LogP) is 2.63. The van der Waals surface area contributed by atoms with Gasteiger partial charge in [-0.2, -0.15) is 0 Å². The average Bonchev–Trinajstić information content (AvgIpc) is 2.64. The highest BCUT2D eigenvalue weighted by Crippen LogP contribution is 2.37. The molecule has 1 aromatic carbocycles. The van der Waals surface area contributed by atoms with E-state index in [0.29, 0.717) is 6.79 Å². The third kappa shape index (κ3) is 0.741. The van der Waals surface area contributed by atoms with Crippen molar-refractivity contribution in [3.8, 4) is 11.5 Å². The summed E-state index contributed by atoms with van der Waals surface area (Å²) in [6.45, 7) is 0.354. The van der Waals surface area contributed by atoms with Crippen LogP contribution in [0.2, 0.25) is 0 Å². The van der Waals surface area contributed by atoms with E-state index < -0.39 is 0 Å². The average molecular weight is 178 g/mol. The summed E-state index contributed by atoms with van der Waals surface area (Å²) in [6.07, 6.45) is 0. The summed E-state index contributed by atoms with van der Waals surface area (Å²) < 4.78 is 11.8. The first-order chi connectivity index (χ1) is 5.93. The zero-order chi connectivity index (χ0) is 7.97. The fraction of sp³-hybridized carbons (Fsp3) is 0.111. The summed E-state index contributed by atoms with van der Waals surface area (Å²) in [7, 11) is 0. The summed E-state index contributed by atoms with van der Waals surface area (Å²) in [5.41, 5.74) is 0. The van der Waals surface area contributed by atoms with Gasteiger partial charge in [0.1, 0.15) is 0 Å². The van der Waals surface area contributed by atoms with E-state index in [4.69, 9.17) is 9.47 Å². The summed E-state index contributed by atoms with van der Waals surface area (Å²) in [6, 6.07) is 6.14. The Morgan fingerprint density at radius 3 is 2.92 bits per heavy atom. The Hall–Kier alpha value is -1.22. The van der Waals surface area contributed by atoms with Crippen molar-refractivity contribution in [1.82, 2.24) is 0 Å². The topological polar surface area (TPSA) is 18.5 Å². The van der Waals surface area contributed by atoms with Gasteiger partial charge in [-0.25, -0.2) is 0 Å². The highest BCUT2D eigenvalue weighted by atomic mass is 32.1. The molecule has 0 saturated carbocycles. The van der Waals surface area contributed by atoms with Crippen LogP contribution in [0.4, 0.5) is 0 Å². The molecule has 2 nitrogen and oxygen atoms in total. The van der Waals surface area contributed by atoms with Crippen LogP contribution in [0.1, 0.15) is 0 Å². The molecule has 1 aliphatic rings. The minimum Gasteiger partial charge on any atom is -0.454 e. The maximum Gasteiger partial charge on any atom is 0.231 e. The van der Waals surface area contributed by atoms with Crippen molar-refractivity contribution in [1.29, 1.82) is 0 Å². The van der Waals surface area contributed by atoms with Gasteiger partial charge in [0.2, 0.25) is 6.79 Å². The zero-order valence-corrected chi connectivity index (χ0v) is 7.06. The molecule has 1 aromatic heterocycles. The third-order valence-electron chi connectivity index (χ3n) is 1.95. The first-order valence-electron chi connectivity index (χ1n) is 3.70. The van der Waals surface area contributed by atoms with Gasteiger partial charge in [-0.05, 0) is 22.9 Å². The van der Waals surface area contributed by atoms with Crippen molar-refractivity contribution in [3.05, 3.63) is 23.6 Å². The SMILES string of the molecule is c1cc2cc3c(cc2s1)OCO3. The number of hydrogen-bond donors (Lipinski definition) is 0. The summed E-state index contributed by atoms with van der Waals surface area (Å²) in [4.78, 5) is 0. The quantitative estimate of drug-likeness (QED) is 0.617. The van der Waals surface area contributed by atoms with Crippen LogP contribution in [0.3, 0.4) is 0 Å². The van der Waals surface area contributed by atoms with Crippen LogP contribution < -0.4 is 9.47 Å². The van der Waals surface area contributed by atoms with E-state index in [0.717, 1.165) is 11.5 Å². The fourth-order valence-corrected chi connectivity index (χ4v) is 2.15. The summed E-state index contributed by atoms with van der Waals surface area (Å²) in [5, 5.41) is 3.30. The van der Waals surface area contributed by atoms with Crippen LogP contribution in [0.25, 0.3) is 10.1 Å². The number of thiophene rings is 1.